The quantitative estimate of drug-likeness (QED) is 0.218. The maximum absolute atomic E-state index is 13.7. The van der Waals surface area contributed by atoms with Crippen molar-refractivity contribution in [1.82, 2.24) is 14.6 Å². The summed E-state index contributed by atoms with van der Waals surface area (Å²) >= 11 is 0. The van der Waals surface area contributed by atoms with Gasteiger partial charge >= 0.3 is 19.7 Å². The van der Waals surface area contributed by atoms with Crippen LogP contribution >= 0.6 is 7.75 Å². The predicted octanol–water partition coefficient (Wildman–Crippen LogP) is -0.0224. The van der Waals surface area contributed by atoms with E-state index in [4.69, 9.17) is 19.0 Å². The molecule has 15 nitrogen and oxygen atoms in total. The average Bonchev–Trinajstić information content (AvgIpc) is 3.40. The Morgan fingerprint density at radius 3 is 2.54 bits per heavy atom. The fourth-order valence-corrected chi connectivity index (χ4v) is 4.86. The summed E-state index contributed by atoms with van der Waals surface area (Å²) in [6.45, 7) is -0.640. The summed E-state index contributed by atoms with van der Waals surface area (Å²) in [6, 6.07) is 7.93. The molecule has 1 fully saturated rings. The lowest BCUT2D eigenvalue weighted by Gasteiger charge is -2.25. The Balaban J connectivity index is 1.80. The van der Waals surface area contributed by atoms with Crippen LogP contribution < -0.4 is 9.61 Å². The Morgan fingerprint density at radius 1 is 1.24 bits per heavy atom. The van der Waals surface area contributed by atoms with E-state index in [1.807, 2.05) is 0 Å². The molecule has 1 aliphatic rings. The lowest BCUT2D eigenvalue weighted by Crippen LogP contribution is -2.40. The average molecular weight is 540 g/mol. The number of ether oxygens (including phenoxy) is 3. The number of carbonyl (C=O) groups excluding carboxylic acids is 2. The summed E-state index contributed by atoms with van der Waals surface area (Å²) in [5, 5.41) is 42.3. The number of hydrogen-bond donors (Lipinski definition) is 4. The number of hydrogen-bond acceptors (Lipinski definition) is 13. The van der Waals surface area contributed by atoms with Gasteiger partial charge in [0.1, 0.15) is 42.5 Å². The van der Waals surface area contributed by atoms with E-state index in [0.717, 1.165) is 25.1 Å². The number of aromatic hydroxyl groups is 1. The lowest BCUT2D eigenvalue weighted by molar-refractivity contribution is -0.149. The monoisotopic (exact) mass is 540 g/mol. The van der Waals surface area contributed by atoms with Crippen LogP contribution in [0.2, 0.25) is 0 Å². The van der Waals surface area contributed by atoms with E-state index in [9.17, 15) is 29.5 Å². The van der Waals surface area contributed by atoms with Crippen molar-refractivity contribution >= 4 is 19.7 Å². The minimum absolute atomic E-state index is 0.0817. The number of methoxy groups -OCH3 is 2. The number of rotatable bonds is 11. The number of esters is 2. The SMILES string of the molecule is COC(=O)C[C@H](NP(=O)(OC[C@H]1O[C@@H](n2cnc(C#N)c2O)[C@H](O)[C@@H]1O)Oc1ccccc1)C(=O)OC. The van der Waals surface area contributed by atoms with Crippen LogP contribution in [0.5, 0.6) is 11.6 Å². The van der Waals surface area contributed by atoms with Crippen LogP contribution in [0.1, 0.15) is 18.3 Å². The van der Waals surface area contributed by atoms with Gasteiger partial charge in [-0.2, -0.15) is 10.3 Å². The summed E-state index contributed by atoms with van der Waals surface area (Å²) in [4.78, 5) is 27.7. The zero-order valence-corrected chi connectivity index (χ0v) is 20.6. The number of imidazole rings is 1. The van der Waals surface area contributed by atoms with Crippen LogP contribution in [-0.4, -0.2) is 82.0 Å². The molecule has 2 aromatic rings. The first-order valence-electron chi connectivity index (χ1n) is 10.7. The molecule has 1 aromatic carbocycles. The van der Waals surface area contributed by atoms with E-state index in [2.05, 4.69) is 19.5 Å². The highest BCUT2D eigenvalue weighted by Gasteiger charge is 2.46. The van der Waals surface area contributed by atoms with Crippen molar-refractivity contribution in [3.63, 3.8) is 0 Å². The highest BCUT2D eigenvalue weighted by Crippen LogP contribution is 2.46. The number of aromatic nitrogens is 2. The van der Waals surface area contributed by atoms with Gasteiger partial charge in [-0.3, -0.25) is 18.7 Å². The Morgan fingerprint density at radius 2 is 1.95 bits per heavy atom. The fraction of sp³-hybridized carbons (Fsp3) is 0.429. The Bertz CT molecular complexity index is 1180. The number of nitrogens with zero attached hydrogens (tertiary/aromatic N) is 3. The summed E-state index contributed by atoms with van der Waals surface area (Å²) in [5.74, 6) is -2.28. The first kappa shape index (κ1) is 28.1. The number of para-hydroxylation sites is 1. The molecular weight excluding hydrogens is 515 g/mol. The van der Waals surface area contributed by atoms with Gasteiger partial charge in [-0.1, -0.05) is 18.2 Å². The summed E-state index contributed by atoms with van der Waals surface area (Å²) in [7, 11) is -2.31. The molecule has 6 atom stereocenters. The second-order valence-electron chi connectivity index (χ2n) is 7.66. The third-order valence-electron chi connectivity index (χ3n) is 5.26. The number of carbonyl (C=O) groups is 2. The van der Waals surface area contributed by atoms with Crippen molar-refractivity contribution in [2.75, 3.05) is 20.8 Å². The molecule has 0 saturated carbocycles. The van der Waals surface area contributed by atoms with Crippen LogP contribution in [-0.2, 0) is 32.9 Å². The van der Waals surface area contributed by atoms with Gasteiger partial charge in [0.2, 0.25) is 11.6 Å². The van der Waals surface area contributed by atoms with Gasteiger partial charge in [-0.15, -0.1) is 0 Å². The summed E-state index contributed by atoms with van der Waals surface area (Å²) in [5.41, 5.74) is -0.325. The molecule has 1 saturated heterocycles. The number of aliphatic hydroxyl groups is 2. The molecule has 0 radical (unpaired) electrons. The number of nitriles is 1. The van der Waals surface area contributed by atoms with Gasteiger partial charge in [-0.05, 0) is 12.1 Å². The maximum atomic E-state index is 13.7. The molecule has 4 N–H and O–H groups in total. The molecule has 2 heterocycles. The maximum Gasteiger partial charge on any atom is 0.459 e. The number of aliphatic hydroxyl groups excluding tert-OH is 2. The van der Waals surface area contributed by atoms with Crippen LogP contribution in [0.25, 0.3) is 0 Å². The second kappa shape index (κ2) is 12.2. The Hall–Kier alpha value is -3.51. The minimum atomic E-state index is -4.47. The van der Waals surface area contributed by atoms with E-state index >= 15 is 0 Å². The van der Waals surface area contributed by atoms with Gasteiger partial charge in [0.15, 0.2) is 6.23 Å². The van der Waals surface area contributed by atoms with Crippen molar-refractivity contribution in [2.45, 2.75) is 37.0 Å². The Labute approximate surface area is 210 Å². The molecule has 0 bridgehead atoms. The molecule has 1 aliphatic heterocycles. The topological polar surface area (TPSA) is 212 Å². The standard InChI is InChI=1S/C21H25N4O11P/c1-32-16(26)8-13(21(30)33-2)24-37(31,36-12-6-4-3-5-7-12)34-10-15-17(27)18(28)20(35-15)25-11-23-14(9-22)19(25)29/h3-7,11,13,15,17-18,20,27-29H,8,10H2,1-2H3,(H,24,31)/t13-,15+,17+,18+,20+,37?/m0/s1. The zero-order valence-electron chi connectivity index (χ0n) is 19.7. The fourth-order valence-electron chi connectivity index (χ4n) is 3.36. The second-order valence-corrected chi connectivity index (χ2v) is 9.36. The van der Waals surface area contributed by atoms with Crippen LogP contribution in [0.15, 0.2) is 36.7 Å². The predicted molar refractivity (Wildman–Crippen MR) is 121 cm³/mol. The molecule has 0 spiro atoms. The first-order chi connectivity index (χ1) is 17.6. The van der Waals surface area contributed by atoms with Gasteiger partial charge in [-0.25, -0.2) is 9.55 Å². The van der Waals surface area contributed by atoms with Crippen molar-refractivity contribution < 1.29 is 52.7 Å². The van der Waals surface area contributed by atoms with Crippen LogP contribution in [0.3, 0.4) is 0 Å². The van der Waals surface area contributed by atoms with Gasteiger partial charge in [0.05, 0.1) is 27.2 Å². The molecular formula is C21H25N4O11P. The van der Waals surface area contributed by atoms with Crippen molar-refractivity contribution in [1.29, 1.82) is 5.26 Å². The normalized spacial score (nSPS) is 23.4. The van der Waals surface area contributed by atoms with Gasteiger partial charge in [0.25, 0.3) is 0 Å². The molecule has 1 unspecified atom stereocenters. The molecule has 3 rings (SSSR count). The number of nitrogens with one attached hydrogen (secondary N) is 1. The summed E-state index contributed by atoms with van der Waals surface area (Å²) < 4.78 is 40.3. The third-order valence-corrected chi connectivity index (χ3v) is 6.83. The zero-order chi connectivity index (χ0) is 27.2. The molecule has 37 heavy (non-hydrogen) atoms. The van der Waals surface area contributed by atoms with Crippen molar-refractivity contribution in [2.24, 2.45) is 0 Å². The van der Waals surface area contributed by atoms with E-state index in [0.29, 0.717) is 0 Å². The van der Waals surface area contributed by atoms with E-state index in [-0.39, 0.29) is 11.4 Å². The third kappa shape index (κ3) is 6.63. The highest BCUT2D eigenvalue weighted by atomic mass is 31.2. The van der Waals surface area contributed by atoms with E-state index in [1.165, 1.54) is 12.1 Å². The highest BCUT2D eigenvalue weighted by molar-refractivity contribution is 7.52. The van der Waals surface area contributed by atoms with Gasteiger partial charge in [0, 0.05) is 0 Å². The van der Waals surface area contributed by atoms with E-state index < -0.39 is 69.2 Å². The van der Waals surface area contributed by atoms with Crippen LogP contribution in [0.4, 0.5) is 0 Å². The molecule has 200 valence electrons. The van der Waals surface area contributed by atoms with Crippen molar-refractivity contribution in [3.05, 3.63) is 42.4 Å². The Kier molecular flexibility index (Phi) is 9.22. The molecule has 0 amide bonds. The summed E-state index contributed by atoms with van der Waals surface area (Å²) in [6.07, 6.45) is -5.38. The van der Waals surface area contributed by atoms with Crippen LogP contribution in [0, 0.1) is 11.3 Å². The molecule has 1 aromatic heterocycles. The first-order valence-corrected chi connectivity index (χ1v) is 12.3. The largest absolute Gasteiger partial charge is 0.492 e. The molecule has 16 heteroatoms. The van der Waals surface area contributed by atoms with E-state index in [1.54, 1.807) is 24.3 Å². The van der Waals surface area contributed by atoms with Gasteiger partial charge < -0.3 is 34.1 Å². The smallest absolute Gasteiger partial charge is 0.459 e. The van der Waals surface area contributed by atoms with Crippen molar-refractivity contribution in [3.8, 4) is 17.7 Å². The number of benzene rings is 1. The minimum Gasteiger partial charge on any atom is -0.492 e. The molecule has 0 aliphatic carbocycles. The lowest BCUT2D eigenvalue weighted by atomic mass is 10.1.